The highest BCUT2D eigenvalue weighted by Gasteiger charge is 2.44. The zero-order valence-corrected chi connectivity index (χ0v) is 22.9. The van der Waals surface area contributed by atoms with Gasteiger partial charge in [0.2, 0.25) is 11.8 Å². The average molecular weight is 543 g/mol. The molecule has 2 N–H and O–H groups in total. The number of likely N-dealkylation sites (N-methyl/N-ethyl adjacent to an activating group) is 1. The van der Waals surface area contributed by atoms with E-state index in [2.05, 4.69) is 20.5 Å². The van der Waals surface area contributed by atoms with Crippen LogP contribution in [0.1, 0.15) is 32.3 Å². The van der Waals surface area contributed by atoms with Crippen molar-refractivity contribution in [2.24, 2.45) is 0 Å². The fourth-order valence-electron chi connectivity index (χ4n) is 4.91. The molecule has 4 rings (SSSR count). The van der Waals surface area contributed by atoms with Crippen LogP contribution >= 0.6 is 23.2 Å². The van der Waals surface area contributed by atoms with E-state index in [9.17, 15) is 4.79 Å². The van der Waals surface area contributed by atoms with E-state index in [0.717, 1.165) is 22.5 Å². The SMILES string of the molecule is CCOc1ncccc1-c1ccc(C2(C(=O)N[C@@H](C)CNC)CCN(c3ccc(Cl)cc3Cl)CC2)cn1. The second-order valence-corrected chi connectivity index (χ2v) is 10.2. The normalized spacial score (nSPS) is 15.8. The molecule has 7 nitrogen and oxygen atoms in total. The van der Waals surface area contributed by atoms with Gasteiger partial charge >= 0.3 is 0 Å². The number of nitrogens with one attached hydrogen (secondary N) is 2. The van der Waals surface area contributed by atoms with Gasteiger partial charge in [0.25, 0.3) is 0 Å². The van der Waals surface area contributed by atoms with Crippen LogP contribution in [0.2, 0.25) is 10.0 Å². The third kappa shape index (κ3) is 6.00. The largest absolute Gasteiger partial charge is 0.477 e. The van der Waals surface area contributed by atoms with Crippen molar-refractivity contribution < 1.29 is 9.53 Å². The molecular formula is C28H33Cl2N5O2. The summed E-state index contributed by atoms with van der Waals surface area (Å²) < 4.78 is 5.69. The molecule has 9 heteroatoms. The molecule has 3 heterocycles. The van der Waals surface area contributed by atoms with Gasteiger partial charge in [0.05, 0.1) is 34.0 Å². The second kappa shape index (κ2) is 12.1. The first-order valence-electron chi connectivity index (χ1n) is 12.6. The minimum absolute atomic E-state index is 0.00510. The predicted molar refractivity (Wildman–Crippen MR) is 150 cm³/mol. The quantitative estimate of drug-likeness (QED) is 0.391. The first-order chi connectivity index (χ1) is 17.9. The lowest BCUT2D eigenvalue weighted by Crippen LogP contribution is -2.54. The van der Waals surface area contributed by atoms with Crippen molar-refractivity contribution in [2.75, 3.05) is 38.2 Å². The van der Waals surface area contributed by atoms with E-state index in [-0.39, 0.29) is 11.9 Å². The van der Waals surface area contributed by atoms with Gasteiger partial charge in [0.1, 0.15) is 0 Å². The summed E-state index contributed by atoms with van der Waals surface area (Å²) in [6, 6.07) is 13.3. The number of aromatic nitrogens is 2. The van der Waals surface area contributed by atoms with E-state index in [1.807, 2.05) is 63.5 Å². The van der Waals surface area contributed by atoms with Crippen LogP contribution in [0.25, 0.3) is 11.3 Å². The fraction of sp³-hybridized carbons (Fsp3) is 0.393. The van der Waals surface area contributed by atoms with Gasteiger partial charge in [-0.05, 0) is 75.7 Å². The van der Waals surface area contributed by atoms with Gasteiger partial charge < -0.3 is 20.3 Å². The molecule has 1 aliphatic heterocycles. The van der Waals surface area contributed by atoms with Crippen LogP contribution in [0, 0.1) is 0 Å². The molecule has 1 saturated heterocycles. The maximum absolute atomic E-state index is 13.8. The van der Waals surface area contributed by atoms with Gasteiger partial charge in [0, 0.05) is 43.1 Å². The molecule has 1 fully saturated rings. The van der Waals surface area contributed by atoms with Gasteiger partial charge in [0.15, 0.2) is 0 Å². The van der Waals surface area contributed by atoms with E-state index in [4.69, 9.17) is 32.9 Å². The standard InChI is InChI=1S/C28H33Cl2N5O2/c1-4-37-26-22(6-5-13-32-26)24-9-7-20(18-33-24)28(27(36)34-19(2)17-31-3)11-14-35(15-12-28)25-10-8-21(29)16-23(25)30/h5-10,13,16,18-19,31H,4,11-12,14-15,17H2,1-3H3,(H,34,36)/t19-/m0/s1. The van der Waals surface area contributed by atoms with Crippen molar-refractivity contribution in [3.63, 3.8) is 0 Å². The summed E-state index contributed by atoms with van der Waals surface area (Å²) in [6.45, 7) is 6.48. The van der Waals surface area contributed by atoms with Crippen LogP contribution in [0.5, 0.6) is 5.88 Å². The number of carbonyl (C=O) groups excluding carboxylic acids is 1. The van der Waals surface area contributed by atoms with Crippen LogP contribution in [0.3, 0.4) is 0 Å². The van der Waals surface area contributed by atoms with Crippen LogP contribution in [-0.4, -0.2) is 55.2 Å². The van der Waals surface area contributed by atoms with E-state index in [0.29, 0.717) is 55.0 Å². The summed E-state index contributed by atoms with van der Waals surface area (Å²) in [5.41, 5.74) is 2.70. The van der Waals surface area contributed by atoms with Crippen molar-refractivity contribution in [1.82, 2.24) is 20.6 Å². The lowest BCUT2D eigenvalue weighted by molar-refractivity contribution is -0.128. The highest BCUT2D eigenvalue weighted by atomic mass is 35.5. The summed E-state index contributed by atoms with van der Waals surface area (Å²) in [5.74, 6) is 0.565. The van der Waals surface area contributed by atoms with Gasteiger partial charge in [-0.1, -0.05) is 29.3 Å². The Labute approximate surface area is 228 Å². The number of benzene rings is 1. The Kier molecular flexibility index (Phi) is 8.90. The molecule has 0 bridgehead atoms. The Morgan fingerprint density at radius 2 is 1.95 bits per heavy atom. The molecule has 0 spiro atoms. The molecule has 196 valence electrons. The van der Waals surface area contributed by atoms with Gasteiger partial charge in [-0.3, -0.25) is 9.78 Å². The number of ether oxygens (including phenoxy) is 1. The Morgan fingerprint density at radius 1 is 1.16 bits per heavy atom. The smallest absolute Gasteiger partial charge is 0.231 e. The maximum atomic E-state index is 13.8. The molecule has 1 atom stereocenters. The molecule has 0 saturated carbocycles. The number of pyridine rings is 2. The van der Waals surface area contributed by atoms with Crippen LogP contribution < -0.4 is 20.3 Å². The third-order valence-corrected chi connectivity index (χ3v) is 7.37. The van der Waals surface area contributed by atoms with Crippen molar-refractivity contribution >= 4 is 34.8 Å². The highest BCUT2D eigenvalue weighted by molar-refractivity contribution is 6.36. The lowest BCUT2D eigenvalue weighted by Gasteiger charge is -2.42. The summed E-state index contributed by atoms with van der Waals surface area (Å²) in [4.78, 5) is 25.1. The predicted octanol–water partition coefficient (Wildman–Crippen LogP) is 5.11. The Bertz CT molecular complexity index is 1210. The van der Waals surface area contributed by atoms with Gasteiger partial charge in [-0.2, -0.15) is 0 Å². The summed E-state index contributed by atoms with van der Waals surface area (Å²) in [6.07, 6.45) is 4.78. The maximum Gasteiger partial charge on any atom is 0.231 e. The molecule has 1 aromatic carbocycles. The monoisotopic (exact) mass is 541 g/mol. The number of anilines is 1. The lowest BCUT2D eigenvalue weighted by atomic mass is 9.72. The van der Waals surface area contributed by atoms with E-state index >= 15 is 0 Å². The van der Waals surface area contributed by atoms with Crippen LogP contribution in [-0.2, 0) is 10.2 Å². The first-order valence-corrected chi connectivity index (χ1v) is 13.3. The second-order valence-electron chi connectivity index (χ2n) is 9.32. The molecule has 0 aliphatic carbocycles. The van der Waals surface area contributed by atoms with E-state index in [1.54, 1.807) is 12.3 Å². The van der Waals surface area contributed by atoms with Crippen molar-refractivity contribution in [3.8, 4) is 17.1 Å². The van der Waals surface area contributed by atoms with Crippen LogP contribution in [0.15, 0.2) is 54.9 Å². The number of amides is 1. The van der Waals surface area contributed by atoms with Crippen molar-refractivity contribution in [2.45, 2.75) is 38.1 Å². The Morgan fingerprint density at radius 3 is 2.59 bits per heavy atom. The molecule has 2 aromatic heterocycles. The number of nitrogens with zero attached hydrogens (tertiary/aromatic N) is 3. The van der Waals surface area contributed by atoms with Gasteiger partial charge in [-0.25, -0.2) is 4.98 Å². The minimum Gasteiger partial charge on any atom is -0.477 e. The summed E-state index contributed by atoms with van der Waals surface area (Å²) in [5, 5.41) is 7.56. The zero-order valence-electron chi connectivity index (χ0n) is 21.4. The van der Waals surface area contributed by atoms with Crippen LogP contribution in [0.4, 0.5) is 5.69 Å². The Hall–Kier alpha value is -2.87. The molecule has 3 aromatic rings. The summed E-state index contributed by atoms with van der Waals surface area (Å²) in [7, 11) is 1.88. The molecular weight excluding hydrogens is 509 g/mol. The number of halogens is 2. The number of carbonyl (C=O) groups is 1. The molecule has 1 amide bonds. The zero-order chi connectivity index (χ0) is 26.4. The minimum atomic E-state index is -0.708. The number of hydrogen-bond acceptors (Lipinski definition) is 6. The molecule has 0 radical (unpaired) electrons. The van der Waals surface area contributed by atoms with Crippen molar-refractivity contribution in [1.29, 1.82) is 0 Å². The van der Waals surface area contributed by atoms with E-state index in [1.165, 1.54) is 0 Å². The molecule has 37 heavy (non-hydrogen) atoms. The average Bonchev–Trinajstić information content (AvgIpc) is 2.90. The highest BCUT2D eigenvalue weighted by Crippen LogP contribution is 2.40. The number of rotatable bonds is 9. The molecule has 1 aliphatic rings. The van der Waals surface area contributed by atoms with Gasteiger partial charge in [-0.15, -0.1) is 0 Å². The Balaban J connectivity index is 1.63. The summed E-state index contributed by atoms with van der Waals surface area (Å²) >= 11 is 12.6. The topological polar surface area (TPSA) is 79.4 Å². The fourth-order valence-corrected chi connectivity index (χ4v) is 5.43. The van der Waals surface area contributed by atoms with Crippen molar-refractivity contribution in [3.05, 3.63) is 70.5 Å². The number of piperidine rings is 1. The first kappa shape index (κ1) is 27.2. The third-order valence-electron chi connectivity index (χ3n) is 6.83. The number of hydrogen-bond donors (Lipinski definition) is 2. The van der Waals surface area contributed by atoms with E-state index < -0.39 is 5.41 Å². The molecule has 0 unspecified atom stereocenters.